The van der Waals surface area contributed by atoms with Crippen molar-refractivity contribution in [2.75, 3.05) is 18.5 Å². The molecule has 1 aliphatic rings. The Morgan fingerprint density at radius 2 is 1.96 bits per heavy atom. The van der Waals surface area contributed by atoms with Gasteiger partial charge in [-0.05, 0) is 37.1 Å². The van der Waals surface area contributed by atoms with Crippen molar-refractivity contribution < 1.29 is 14.6 Å². The highest BCUT2D eigenvalue weighted by atomic mass is 16.5. The molecular formula is C20H19N5O3. The van der Waals surface area contributed by atoms with Crippen molar-refractivity contribution in [3.05, 3.63) is 48.7 Å². The summed E-state index contributed by atoms with van der Waals surface area (Å²) < 4.78 is 8.37. The molecule has 0 spiro atoms. The molecular weight excluding hydrogens is 358 g/mol. The van der Waals surface area contributed by atoms with E-state index in [9.17, 15) is 9.90 Å². The number of imidazole rings is 1. The zero-order valence-electron chi connectivity index (χ0n) is 15.1. The molecule has 4 heterocycles. The van der Waals surface area contributed by atoms with Crippen molar-refractivity contribution in [2.24, 2.45) is 0 Å². The van der Waals surface area contributed by atoms with Gasteiger partial charge in [-0.25, -0.2) is 18.9 Å². The SMILES string of the molecule is O=C(O)n1c(-c2cnc3ccc(NC4CCOCC4)nn23)cc2ccccc21. The summed E-state index contributed by atoms with van der Waals surface area (Å²) in [6.07, 6.45) is 2.49. The van der Waals surface area contributed by atoms with Crippen molar-refractivity contribution >= 4 is 28.5 Å². The lowest BCUT2D eigenvalue weighted by molar-refractivity contribution is 0.0903. The van der Waals surface area contributed by atoms with Gasteiger partial charge in [-0.3, -0.25) is 0 Å². The fourth-order valence-electron chi connectivity index (χ4n) is 3.73. The van der Waals surface area contributed by atoms with Crippen molar-refractivity contribution in [3.63, 3.8) is 0 Å². The lowest BCUT2D eigenvalue weighted by atomic mass is 10.1. The number of hydrogen-bond donors (Lipinski definition) is 2. The van der Waals surface area contributed by atoms with Gasteiger partial charge in [0.25, 0.3) is 0 Å². The number of fused-ring (bicyclic) bond motifs is 2. The van der Waals surface area contributed by atoms with Gasteiger partial charge >= 0.3 is 6.09 Å². The summed E-state index contributed by atoms with van der Waals surface area (Å²) in [5, 5.41) is 18.8. The maximum absolute atomic E-state index is 11.9. The molecule has 3 aromatic heterocycles. The van der Waals surface area contributed by atoms with Crippen LogP contribution in [0.25, 0.3) is 27.9 Å². The molecule has 28 heavy (non-hydrogen) atoms. The van der Waals surface area contributed by atoms with Gasteiger partial charge < -0.3 is 15.2 Å². The van der Waals surface area contributed by atoms with Crippen LogP contribution in [0.2, 0.25) is 0 Å². The normalized spacial score (nSPS) is 15.3. The van der Waals surface area contributed by atoms with Gasteiger partial charge in [-0.2, -0.15) is 0 Å². The van der Waals surface area contributed by atoms with Crippen LogP contribution in [0.4, 0.5) is 10.6 Å². The monoisotopic (exact) mass is 377 g/mol. The smallest absolute Gasteiger partial charge is 0.416 e. The molecule has 0 saturated carbocycles. The first kappa shape index (κ1) is 16.8. The highest BCUT2D eigenvalue weighted by molar-refractivity contribution is 5.95. The Bertz CT molecular complexity index is 1170. The van der Waals surface area contributed by atoms with Gasteiger partial charge in [0.2, 0.25) is 0 Å². The number of para-hydroxylation sites is 1. The predicted molar refractivity (Wildman–Crippen MR) is 105 cm³/mol. The zero-order valence-corrected chi connectivity index (χ0v) is 15.1. The molecule has 1 saturated heterocycles. The third-order valence-corrected chi connectivity index (χ3v) is 5.10. The van der Waals surface area contributed by atoms with Crippen LogP contribution in [0.3, 0.4) is 0 Å². The highest BCUT2D eigenvalue weighted by Gasteiger charge is 2.20. The third-order valence-electron chi connectivity index (χ3n) is 5.10. The fraction of sp³-hybridized carbons (Fsp3) is 0.250. The van der Waals surface area contributed by atoms with E-state index in [1.54, 1.807) is 16.8 Å². The Kier molecular flexibility index (Phi) is 3.98. The minimum absolute atomic E-state index is 0.316. The number of rotatable bonds is 3. The van der Waals surface area contributed by atoms with Crippen LogP contribution in [0, 0.1) is 0 Å². The van der Waals surface area contributed by atoms with E-state index in [-0.39, 0.29) is 0 Å². The average molecular weight is 377 g/mol. The molecule has 0 aliphatic carbocycles. The minimum atomic E-state index is -1.04. The van der Waals surface area contributed by atoms with Crippen molar-refractivity contribution in [1.82, 2.24) is 19.2 Å². The zero-order chi connectivity index (χ0) is 19.1. The molecule has 1 aromatic carbocycles. The van der Waals surface area contributed by atoms with Gasteiger partial charge in [-0.1, -0.05) is 18.2 Å². The molecule has 2 N–H and O–H groups in total. The van der Waals surface area contributed by atoms with E-state index in [1.165, 1.54) is 4.57 Å². The molecule has 142 valence electrons. The van der Waals surface area contributed by atoms with Gasteiger partial charge in [-0.15, -0.1) is 5.10 Å². The fourth-order valence-corrected chi connectivity index (χ4v) is 3.73. The number of ether oxygens (including phenoxy) is 1. The summed E-state index contributed by atoms with van der Waals surface area (Å²) in [6, 6.07) is 13.4. The summed E-state index contributed by atoms with van der Waals surface area (Å²) in [7, 11) is 0. The second kappa shape index (κ2) is 6.65. The molecule has 0 atom stereocenters. The van der Waals surface area contributed by atoms with E-state index in [0.29, 0.717) is 28.6 Å². The van der Waals surface area contributed by atoms with Crippen LogP contribution in [0.1, 0.15) is 12.8 Å². The molecule has 0 radical (unpaired) electrons. The maximum Gasteiger partial charge on any atom is 0.416 e. The molecule has 8 nitrogen and oxygen atoms in total. The Morgan fingerprint density at radius 3 is 2.79 bits per heavy atom. The van der Waals surface area contributed by atoms with E-state index in [0.717, 1.165) is 37.3 Å². The molecule has 0 unspecified atom stereocenters. The van der Waals surface area contributed by atoms with Crippen molar-refractivity contribution in [3.8, 4) is 11.4 Å². The van der Waals surface area contributed by atoms with E-state index >= 15 is 0 Å². The standard InChI is InChI=1S/C20H19N5O3/c26-20(27)24-15-4-2-1-3-13(15)11-16(24)17-12-21-19-6-5-18(23-25(17)19)22-14-7-9-28-10-8-14/h1-6,11-12,14H,7-10H2,(H,22,23)(H,26,27). The molecule has 4 aromatic rings. The lowest BCUT2D eigenvalue weighted by Crippen LogP contribution is -2.28. The molecule has 0 bridgehead atoms. The quantitative estimate of drug-likeness (QED) is 0.568. The topological polar surface area (TPSA) is 93.7 Å². The van der Waals surface area contributed by atoms with Crippen LogP contribution in [0.5, 0.6) is 0 Å². The number of benzene rings is 1. The summed E-state index contributed by atoms with van der Waals surface area (Å²) in [5.74, 6) is 0.733. The van der Waals surface area contributed by atoms with Crippen LogP contribution in [-0.2, 0) is 4.74 Å². The van der Waals surface area contributed by atoms with Crippen LogP contribution in [-0.4, -0.2) is 49.6 Å². The number of anilines is 1. The third kappa shape index (κ3) is 2.78. The highest BCUT2D eigenvalue weighted by Crippen LogP contribution is 2.29. The summed E-state index contributed by atoms with van der Waals surface area (Å²) in [5.41, 5.74) is 2.47. The van der Waals surface area contributed by atoms with Crippen molar-refractivity contribution in [1.29, 1.82) is 0 Å². The van der Waals surface area contributed by atoms with E-state index in [1.807, 2.05) is 36.4 Å². The van der Waals surface area contributed by atoms with E-state index in [2.05, 4.69) is 15.4 Å². The Morgan fingerprint density at radius 1 is 1.14 bits per heavy atom. The first-order chi connectivity index (χ1) is 13.7. The molecule has 8 heteroatoms. The van der Waals surface area contributed by atoms with Gasteiger partial charge in [0.15, 0.2) is 5.65 Å². The maximum atomic E-state index is 11.9. The van der Waals surface area contributed by atoms with Crippen LogP contribution in [0.15, 0.2) is 48.7 Å². The summed E-state index contributed by atoms with van der Waals surface area (Å²) >= 11 is 0. The largest absolute Gasteiger partial charge is 0.464 e. The van der Waals surface area contributed by atoms with Gasteiger partial charge in [0.1, 0.15) is 11.5 Å². The second-order valence-electron chi connectivity index (χ2n) is 6.87. The predicted octanol–water partition coefficient (Wildman–Crippen LogP) is 3.47. The number of hydrogen-bond acceptors (Lipinski definition) is 5. The summed E-state index contributed by atoms with van der Waals surface area (Å²) in [6.45, 7) is 1.49. The first-order valence-corrected chi connectivity index (χ1v) is 9.24. The van der Waals surface area contributed by atoms with E-state index < -0.39 is 6.09 Å². The van der Waals surface area contributed by atoms with Crippen molar-refractivity contribution in [2.45, 2.75) is 18.9 Å². The molecule has 5 rings (SSSR count). The lowest BCUT2D eigenvalue weighted by Gasteiger charge is -2.23. The molecule has 1 aliphatic heterocycles. The van der Waals surface area contributed by atoms with Gasteiger partial charge in [0.05, 0.1) is 17.4 Å². The first-order valence-electron chi connectivity index (χ1n) is 9.24. The summed E-state index contributed by atoms with van der Waals surface area (Å²) in [4.78, 5) is 16.3. The van der Waals surface area contributed by atoms with Crippen LogP contribution < -0.4 is 5.32 Å². The van der Waals surface area contributed by atoms with Crippen LogP contribution >= 0.6 is 0 Å². The number of carbonyl (C=O) groups is 1. The van der Waals surface area contributed by atoms with E-state index in [4.69, 9.17) is 4.74 Å². The number of nitrogens with zero attached hydrogens (tertiary/aromatic N) is 4. The molecule has 0 amide bonds. The second-order valence-corrected chi connectivity index (χ2v) is 6.87. The Hall–Kier alpha value is -3.39. The molecule has 1 fully saturated rings. The van der Waals surface area contributed by atoms with Gasteiger partial charge in [0, 0.05) is 24.6 Å². The number of aromatic nitrogens is 4. The number of carboxylic acid groups (broad SMARTS) is 1. The number of nitrogens with one attached hydrogen (secondary N) is 1. The average Bonchev–Trinajstić information content (AvgIpc) is 3.29. The Balaban J connectivity index is 1.61. The minimum Gasteiger partial charge on any atom is -0.464 e. The Labute approximate surface area is 160 Å².